The topological polar surface area (TPSA) is 37.8 Å². The Morgan fingerprint density at radius 3 is 2.71 bits per heavy atom. The van der Waals surface area contributed by atoms with Gasteiger partial charge < -0.3 is 5.32 Å². The fraction of sp³-hybridized carbons (Fsp3) is 0.222. The molecular formula is C18H19N3. The zero-order chi connectivity index (χ0) is 14.5. The van der Waals surface area contributed by atoms with E-state index >= 15 is 0 Å². The Morgan fingerprint density at radius 1 is 1.00 bits per heavy atom. The number of hydrogen-bond acceptors (Lipinski definition) is 3. The van der Waals surface area contributed by atoms with Crippen molar-refractivity contribution in [1.82, 2.24) is 15.3 Å². The van der Waals surface area contributed by atoms with Gasteiger partial charge in [0.25, 0.3) is 0 Å². The highest BCUT2D eigenvalue weighted by Gasteiger charge is 2.12. The van der Waals surface area contributed by atoms with Crippen molar-refractivity contribution < 1.29 is 0 Å². The summed E-state index contributed by atoms with van der Waals surface area (Å²) in [6, 6.07) is 13.0. The van der Waals surface area contributed by atoms with E-state index in [0.29, 0.717) is 6.04 Å². The van der Waals surface area contributed by atoms with Crippen LogP contribution >= 0.6 is 0 Å². The van der Waals surface area contributed by atoms with Crippen molar-refractivity contribution in [3.05, 3.63) is 72.3 Å². The molecule has 106 valence electrons. The molecular weight excluding hydrogens is 258 g/mol. The van der Waals surface area contributed by atoms with Gasteiger partial charge in [-0.3, -0.25) is 9.97 Å². The number of nitrogens with zero attached hydrogens (tertiary/aromatic N) is 2. The number of benzene rings is 1. The van der Waals surface area contributed by atoms with Crippen molar-refractivity contribution in [3.63, 3.8) is 0 Å². The van der Waals surface area contributed by atoms with Crippen LogP contribution in [0.15, 0.2) is 61.2 Å². The van der Waals surface area contributed by atoms with E-state index < -0.39 is 0 Å². The molecule has 0 amide bonds. The number of nitrogens with one attached hydrogen (secondary N) is 1. The zero-order valence-corrected chi connectivity index (χ0v) is 12.2. The third kappa shape index (κ3) is 3.09. The first-order valence-electron chi connectivity index (χ1n) is 7.27. The van der Waals surface area contributed by atoms with Gasteiger partial charge in [0.15, 0.2) is 0 Å². The van der Waals surface area contributed by atoms with Crippen molar-refractivity contribution in [2.75, 3.05) is 7.05 Å². The number of fused-ring (bicyclic) bond motifs is 1. The van der Waals surface area contributed by atoms with Gasteiger partial charge in [-0.25, -0.2) is 0 Å². The second-order valence-electron chi connectivity index (χ2n) is 5.19. The molecule has 2 heterocycles. The highest BCUT2D eigenvalue weighted by atomic mass is 14.9. The molecule has 3 heteroatoms. The maximum absolute atomic E-state index is 4.20. The van der Waals surface area contributed by atoms with Gasteiger partial charge in [-0.1, -0.05) is 24.3 Å². The normalized spacial score (nSPS) is 12.4. The van der Waals surface area contributed by atoms with Crippen molar-refractivity contribution in [1.29, 1.82) is 0 Å². The third-order valence-electron chi connectivity index (χ3n) is 3.88. The molecule has 0 aliphatic carbocycles. The first-order chi connectivity index (χ1) is 10.4. The van der Waals surface area contributed by atoms with E-state index in [1.54, 1.807) is 0 Å². The van der Waals surface area contributed by atoms with Crippen LogP contribution in [0.5, 0.6) is 0 Å². The molecule has 1 aromatic carbocycles. The molecule has 2 aromatic heterocycles. The second kappa shape index (κ2) is 6.46. The lowest BCUT2D eigenvalue weighted by Gasteiger charge is -2.18. The van der Waals surface area contributed by atoms with Gasteiger partial charge in [-0.2, -0.15) is 0 Å². The van der Waals surface area contributed by atoms with Gasteiger partial charge in [0.05, 0.1) is 0 Å². The van der Waals surface area contributed by atoms with Crippen LogP contribution < -0.4 is 5.32 Å². The van der Waals surface area contributed by atoms with Gasteiger partial charge in [0, 0.05) is 36.2 Å². The molecule has 0 saturated carbocycles. The predicted molar refractivity (Wildman–Crippen MR) is 86.1 cm³/mol. The molecule has 1 N–H and O–H groups in total. The molecule has 1 atom stereocenters. The summed E-state index contributed by atoms with van der Waals surface area (Å²) in [5, 5.41) is 5.91. The largest absolute Gasteiger partial charge is 0.313 e. The van der Waals surface area contributed by atoms with Crippen molar-refractivity contribution in [3.8, 4) is 0 Å². The van der Waals surface area contributed by atoms with Gasteiger partial charge in [0.2, 0.25) is 0 Å². The lowest BCUT2D eigenvalue weighted by Crippen LogP contribution is -2.17. The highest BCUT2D eigenvalue weighted by Crippen LogP contribution is 2.26. The van der Waals surface area contributed by atoms with Crippen LogP contribution in [0.25, 0.3) is 10.8 Å². The van der Waals surface area contributed by atoms with Crippen LogP contribution in [0.2, 0.25) is 0 Å². The fourth-order valence-electron chi connectivity index (χ4n) is 2.76. The SMILES string of the molecule is CNC(CCc1cccnc1)c1cccc2cnccc12. The average Bonchev–Trinajstić information content (AvgIpc) is 2.56. The fourth-order valence-corrected chi connectivity index (χ4v) is 2.76. The minimum absolute atomic E-state index is 0.330. The summed E-state index contributed by atoms with van der Waals surface area (Å²) in [6.07, 6.45) is 9.60. The van der Waals surface area contributed by atoms with E-state index in [1.807, 2.05) is 37.9 Å². The van der Waals surface area contributed by atoms with Crippen LogP contribution in [0.3, 0.4) is 0 Å². The molecule has 0 aliphatic heterocycles. The molecule has 21 heavy (non-hydrogen) atoms. The van der Waals surface area contributed by atoms with Crippen molar-refractivity contribution >= 4 is 10.8 Å². The Kier molecular flexibility index (Phi) is 4.22. The summed E-state index contributed by atoms with van der Waals surface area (Å²) in [7, 11) is 2.02. The highest BCUT2D eigenvalue weighted by molar-refractivity contribution is 5.85. The molecule has 3 aromatic rings. The predicted octanol–water partition coefficient (Wildman–Crippen LogP) is 3.52. The summed E-state index contributed by atoms with van der Waals surface area (Å²) >= 11 is 0. The van der Waals surface area contributed by atoms with E-state index in [1.165, 1.54) is 21.9 Å². The summed E-state index contributed by atoms with van der Waals surface area (Å²) < 4.78 is 0. The van der Waals surface area contributed by atoms with Crippen LogP contribution in [0.4, 0.5) is 0 Å². The third-order valence-corrected chi connectivity index (χ3v) is 3.88. The molecule has 3 nitrogen and oxygen atoms in total. The van der Waals surface area contributed by atoms with Crippen molar-refractivity contribution in [2.45, 2.75) is 18.9 Å². The molecule has 0 spiro atoms. The van der Waals surface area contributed by atoms with Gasteiger partial charge in [0.1, 0.15) is 0 Å². The van der Waals surface area contributed by atoms with E-state index in [9.17, 15) is 0 Å². The van der Waals surface area contributed by atoms with E-state index in [2.05, 4.69) is 45.6 Å². The van der Waals surface area contributed by atoms with Crippen molar-refractivity contribution in [2.24, 2.45) is 0 Å². The second-order valence-corrected chi connectivity index (χ2v) is 5.19. The monoisotopic (exact) mass is 277 g/mol. The molecule has 0 saturated heterocycles. The Balaban J connectivity index is 1.85. The number of rotatable bonds is 5. The molecule has 0 radical (unpaired) electrons. The van der Waals surface area contributed by atoms with E-state index in [4.69, 9.17) is 0 Å². The van der Waals surface area contributed by atoms with Crippen LogP contribution in [0.1, 0.15) is 23.6 Å². The maximum Gasteiger partial charge on any atom is 0.0346 e. The van der Waals surface area contributed by atoms with Crippen LogP contribution in [0, 0.1) is 0 Å². The smallest absolute Gasteiger partial charge is 0.0346 e. The quantitative estimate of drug-likeness (QED) is 0.775. The van der Waals surface area contributed by atoms with Crippen LogP contribution in [-0.2, 0) is 6.42 Å². The maximum atomic E-state index is 4.20. The molecule has 3 rings (SSSR count). The molecule has 0 aliphatic rings. The lowest BCUT2D eigenvalue weighted by molar-refractivity contribution is 0.552. The van der Waals surface area contributed by atoms with Gasteiger partial charge in [-0.15, -0.1) is 0 Å². The Morgan fingerprint density at radius 2 is 1.90 bits per heavy atom. The van der Waals surface area contributed by atoms with E-state index in [0.717, 1.165) is 12.8 Å². The minimum Gasteiger partial charge on any atom is -0.313 e. The first kappa shape index (κ1) is 13.7. The van der Waals surface area contributed by atoms with Gasteiger partial charge >= 0.3 is 0 Å². The zero-order valence-electron chi connectivity index (χ0n) is 12.2. The molecule has 1 unspecified atom stereocenters. The summed E-state index contributed by atoms with van der Waals surface area (Å²) in [5.41, 5.74) is 2.61. The molecule has 0 bridgehead atoms. The van der Waals surface area contributed by atoms with E-state index in [-0.39, 0.29) is 0 Å². The average molecular weight is 277 g/mol. The molecule has 0 fully saturated rings. The number of aromatic nitrogens is 2. The number of hydrogen-bond donors (Lipinski definition) is 1. The Labute approximate surface area is 125 Å². The minimum atomic E-state index is 0.330. The summed E-state index contributed by atoms with van der Waals surface area (Å²) in [4.78, 5) is 8.39. The Bertz CT molecular complexity index is 704. The first-order valence-corrected chi connectivity index (χ1v) is 7.27. The number of aryl methyl sites for hydroxylation is 1. The summed E-state index contributed by atoms with van der Waals surface area (Å²) in [5.74, 6) is 0. The summed E-state index contributed by atoms with van der Waals surface area (Å²) in [6.45, 7) is 0. The Hall–Kier alpha value is -2.26. The van der Waals surface area contributed by atoms with Gasteiger partial charge in [-0.05, 0) is 48.5 Å². The van der Waals surface area contributed by atoms with Crippen LogP contribution in [-0.4, -0.2) is 17.0 Å². The number of pyridine rings is 2. The lowest BCUT2D eigenvalue weighted by atomic mass is 9.95. The standard InChI is InChI=1S/C18H19N3/c1-19-18(8-7-14-4-3-10-20-12-14)17-6-2-5-15-13-21-11-9-16(15)17/h2-6,9-13,18-19H,7-8H2,1H3.